The smallest absolute Gasteiger partial charge is 0.324 e. The predicted molar refractivity (Wildman–Crippen MR) is 190 cm³/mol. The van der Waals surface area contributed by atoms with Crippen LogP contribution in [0.5, 0.6) is 0 Å². The molecular formula is C36H68N2O13. The molecule has 0 aromatic carbocycles. The van der Waals surface area contributed by atoms with Crippen LogP contribution in [0, 0.1) is 0 Å². The van der Waals surface area contributed by atoms with Gasteiger partial charge in [-0.15, -0.1) is 0 Å². The minimum absolute atomic E-state index is 0.148. The van der Waals surface area contributed by atoms with Crippen LogP contribution < -0.4 is 10.6 Å². The van der Waals surface area contributed by atoms with E-state index in [4.69, 9.17) is 42.6 Å². The number of hydrogen-bond donors (Lipinski definition) is 2. The Labute approximate surface area is 305 Å². The summed E-state index contributed by atoms with van der Waals surface area (Å²) in [6.07, 6.45) is -0.296. The van der Waals surface area contributed by atoms with Crippen LogP contribution in [0.2, 0.25) is 0 Å². The van der Waals surface area contributed by atoms with E-state index in [0.717, 1.165) is 0 Å². The van der Waals surface area contributed by atoms with Crippen LogP contribution in [0.4, 0.5) is 0 Å². The van der Waals surface area contributed by atoms with Crippen molar-refractivity contribution < 1.29 is 61.8 Å². The molecule has 15 nitrogen and oxygen atoms in total. The topological polar surface area (TPSA) is 175 Å². The second-order valence-electron chi connectivity index (χ2n) is 15.7. The molecule has 15 heteroatoms. The summed E-state index contributed by atoms with van der Waals surface area (Å²) in [7, 11) is 0. The number of hydrogen-bond acceptors (Lipinski definition) is 15. The van der Waals surface area contributed by atoms with Gasteiger partial charge in [-0.25, -0.2) is 0 Å². The highest BCUT2D eigenvalue weighted by atomic mass is 16.6. The molecule has 0 rings (SSSR count). The molecule has 0 aromatic rings. The molecule has 300 valence electrons. The first kappa shape index (κ1) is 48.6. The molecule has 0 aliphatic rings. The number of ether oxygens (including phenoxy) is 9. The van der Waals surface area contributed by atoms with Gasteiger partial charge in [0.1, 0.15) is 34.5 Å². The molecule has 0 saturated carbocycles. The minimum atomic E-state index is -0.848. The summed E-state index contributed by atoms with van der Waals surface area (Å²) in [6.45, 7) is 25.6. The van der Waals surface area contributed by atoms with E-state index in [2.05, 4.69) is 10.6 Å². The molecular weight excluding hydrogens is 668 g/mol. The van der Waals surface area contributed by atoms with Crippen LogP contribution in [-0.4, -0.2) is 138 Å². The van der Waals surface area contributed by atoms with Crippen LogP contribution in [-0.2, 0) is 61.8 Å². The zero-order valence-corrected chi connectivity index (χ0v) is 33.4. The van der Waals surface area contributed by atoms with E-state index >= 15 is 0 Å². The minimum Gasteiger partial charge on any atom is -0.460 e. The number of nitrogens with one attached hydrogen (secondary N) is 2. The Kier molecular flexibility index (Phi) is 23.6. The second-order valence-corrected chi connectivity index (χ2v) is 15.7. The van der Waals surface area contributed by atoms with Crippen molar-refractivity contribution >= 4 is 23.9 Å². The van der Waals surface area contributed by atoms with Crippen LogP contribution in [0.3, 0.4) is 0 Å². The van der Waals surface area contributed by atoms with Crippen LogP contribution in [0.1, 0.15) is 95.9 Å². The molecule has 2 N–H and O–H groups in total. The lowest BCUT2D eigenvalue weighted by molar-refractivity contribution is -0.164. The molecule has 0 spiro atoms. The molecule has 0 bridgehead atoms. The molecule has 2 atom stereocenters. The van der Waals surface area contributed by atoms with Crippen molar-refractivity contribution in [2.24, 2.45) is 0 Å². The first-order valence-corrected chi connectivity index (χ1v) is 17.7. The maximum absolute atomic E-state index is 12.6. The first-order chi connectivity index (χ1) is 23.5. The number of esters is 4. The van der Waals surface area contributed by atoms with Gasteiger partial charge in [-0.2, -0.15) is 0 Å². The lowest BCUT2D eigenvalue weighted by Gasteiger charge is -2.25. The van der Waals surface area contributed by atoms with Gasteiger partial charge < -0.3 is 53.3 Å². The maximum atomic E-state index is 12.6. The van der Waals surface area contributed by atoms with Crippen molar-refractivity contribution in [2.45, 2.75) is 130 Å². The Balaban J connectivity index is 3.99. The highest BCUT2D eigenvalue weighted by Gasteiger charge is 2.30. The molecule has 51 heavy (non-hydrogen) atoms. The Morgan fingerprint density at radius 2 is 0.627 bits per heavy atom. The molecule has 0 amide bonds. The van der Waals surface area contributed by atoms with Gasteiger partial charge >= 0.3 is 23.9 Å². The van der Waals surface area contributed by atoms with E-state index < -0.39 is 58.4 Å². The van der Waals surface area contributed by atoms with Gasteiger partial charge in [0.15, 0.2) is 0 Å². The van der Waals surface area contributed by atoms with E-state index in [0.29, 0.717) is 79.2 Å². The van der Waals surface area contributed by atoms with Gasteiger partial charge in [-0.3, -0.25) is 19.2 Å². The fraction of sp³-hybridized carbons (Fsp3) is 0.889. The van der Waals surface area contributed by atoms with Crippen molar-refractivity contribution in [1.82, 2.24) is 10.6 Å². The van der Waals surface area contributed by atoms with Gasteiger partial charge in [-0.1, -0.05) is 0 Å². The fourth-order valence-electron chi connectivity index (χ4n) is 3.92. The summed E-state index contributed by atoms with van der Waals surface area (Å²) in [5.41, 5.74) is -2.68. The van der Waals surface area contributed by atoms with Crippen molar-refractivity contribution in [2.75, 3.05) is 79.2 Å². The largest absolute Gasteiger partial charge is 0.460 e. The molecule has 0 aliphatic carbocycles. The van der Waals surface area contributed by atoms with E-state index in [9.17, 15) is 19.2 Å². The Morgan fingerprint density at radius 1 is 0.392 bits per heavy atom. The highest BCUT2D eigenvalue weighted by molar-refractivity contribution is 5.83. The third-order valence-electron chi connectivity index (χ3n) is 5.73. The molecule has 0 heterocycles. The van der Waals surface area contributed by atoms with Crippen molar-refractivity contribution in [3.05, 3.63) is 0 Å². The van der Waals surface area contributed by atoms with Crippen molar-refractivity contribution in [1.29, 1.82) is 0 Å². The second kappa shape index (κ2) is 24.8. The molecule has 0 aliphatic heterocycles. The van der Waals surface area contributed by atoms with Crippen molar-refractivity contribution in [3.63, 3.8) is 0 Å². The van der Waals surface area contributed by atoms with Gasteiger partial charge in [-0.05, 0) is 83.1 Å². The first-order valence-electron chi connectivity index (χ1n) is 17.7. The predicted octanol–water partition coefficient (Wildman–Crippen LogP) is 3.13. The number of carbonyl (C=O) groups excluding carboxylic acids is 4. The summed E-state index contributed by atoms with van der Waals surface area (Å²) < 4.78 is 49.2. The monoisotopic (exact) mass is 736 g/mol. The molecule has 0 radical (unpaired) electrons. The van der Waals surface area contributed by atoms with Crippen LogP contribution >= 0.6 is 0 Å². The van der Waals surface area contributed by atoms with Gasteiger partial charge in [0, 0.05) is 13.1 Å². The third-order valence-corrected chi connectivity index (χ3v) is 5.73. The zero-order valence-electron chi connectivity index (χ0n) is 33.4. The van der Waals surface area contributed by atoms with Crippen LogP contribution in [0.25, 0.3) is 0 Å². The Hall–Kier alpha value is -2.40. The lowest BCUT2D eigenvalue weighted by atomic mass is 10.1. The Morgan fingerprint density at radius 3 is 0.863 bits per heavy atom. The summed E-state index contributed by atoms with van der Waals surface area (Å²) in [4.78, 5) is 49.7. The third kappa shape index (κ3) is 32.0. The van der Waals surface area contributed by atoms with Gasteiger partial charge in [0.25, 0.3) is 0 Å². The summed E-state index contributed by atoms with van der Waals surface area (Å²) >= 11 is 0. The van der Waals surface area contributed by atoms with Crippen molar-refractivity contribution in [3.8, 4) is 0 Å². The Bertz CT molecular complexity index is 917. The summed E-state index contributed by atoms with van der Waals surface area (Å²) in [5.74, 6) is -2.03. The zero-order chi connectivity index (χ0) is 39.1. The summed E-state index contributed by atoms with van der Waals surface area (Å²) in [5, 5.41) is 6.05. The molecule has 0 fully saturated rings. The fourth-order valence-corrected chi connectivity index (χ4v) is 3.92. The quantitative estimate of drug-likeness (QED) is 0.0752. The van der Waals surface area contributed by atoms with Gasteiger partial charge in [0.05, 0.1) is 78.9 Å². The number of rotatable bonds is 26. The molecule has 2 unspecified atom stereocenters. The van der Waals surface area contributed by atoms with Crippen LogP contribution in [0.15, 0.2) is 0 Å². The highest BCUT2D eigenvalue weighted by Crippen LogP contribution is 2.14. The van der Waals surface area contributed by atoms with E-state index in [1.165, 1.54) is 0 Å². The average Bonchev–Trinajstić information content (AvgIpc) is 2.93. The SMILES string of the molecule is CC(C)(C)OC(=O)CC(NCCOCCOCCOCCOCCOCCNC(CC(=O)OC(C)(C)C)C(=O)OC(C)(C)C)C(=O)OC(C)(C)C. The lowest BCUT2D eigenvalue weighted by Crippen LogP contribution is -2.44. The van der Waals surface area contributed by atoms with E-state index in [-0.39, 0.29) is 12.8 Å². The molecule has 0 aromatic heterocycles. The van der Waals surface area contributed by atoms with E-state index in [1.807, 2.05) is 0 Å². The van der Waals surface area contributed by atoms with Gasteiger partial charge in [0.2, 0.25) is 0 Å². The maximum Gasteiger partial charge on any atom is 0.324 e. The standard InChI is InChI=1S/C36H68N2O13/c1-33(2,3)48-29(39)25-27(31(41)50-35(7,8)9)37-13-15-43-17-19-45-21-23-47-24-22-46-20-18-44-16-14-38-28(32(42)51-36(10,11)12)26-30(40)49-34(4,5)6/h27-28,37-38H,13-26H2,1-12H3. The summed E-state index contributed by atoms with van der Waals surface area (Å²) in [6, 6.07) is -1.70. The average molecular weight is 737 g/mol. The van der Waals surface area contributed by atoms with E-state index in [1.54, 1.807) is 83.1 Å². The number of carbonyl (C=O) groups is 4. The molecule has 0 saturated heterocycles. The normalized spacial score (nSPS) is 13.7.